The number of likely N-dealkylation sites (N-methyl/N-ethyl adjacent to an activating group) is 1. The molecule has 0 spiro atoms. The molecule has 7 nitrogen and oxygen atoms in total. The summed E-state index contributed by atoms with van der Waals surface area (Å²) < 4.78 is 1.76. The molecule has 2 aromatic heterocycles. The van der Waals surface area contributed by atoms with Crippen LogP contribution in [0.3, 0.4) is 0 Å². The average Bonchev–Trinajstić information content (AvgIpc) is 2.89. The molecular formula is C19H28N6O. The smallest absolute Gasteiger partial charge is 0.251 e. The summed E-state index contributed by atoms with van der Waals surface area (Å²) in [6.07, 6.45) is 0.384. The summed E-state index contributed by atoms with van der Waals surface area (Å²) in [5, 5.41) is 4.60. The van der Waals surface area contributed by atoms with Gasteiger partial charge < -0.3 is 9.80 Å². The van der Waals surface area contributed by atoms with E-state index in [-0.39, 0.29) is 5.91 Å². The van der Waals surface area contributed by atoms with E-state index in [1.54, 1.807) is 4.68 Å². The second-order valence-electron chi connectivity index (χ2n) is 7.00. The topological polar surface area (TPSA) is 67.2 Å². The number of carbonyl (C=O) groups excluding carboxylic acids is 1. The molecule has 1 saturated heterocycles. The fourth-order valence-corrected chi connectivity index (χ4v) is 3.50. The van der Waals surface area contributed by atoms with Crippen LogP contribution in [0.2, 0.25) is 0 Å². The molecule has 0 N–H and O–H groups in total. The van der Waals surface area contributed by atoms with Crippen LogP contribution in [0, 0.1) is 27.7 Å². The molecule has 1 amide bonds. The van der Waals surface area contributed by atoms with E-state index in [1.807, 2.05) is 38.7 Å². The van der Waals surface area contributed by atoms with Gasteiger partial charge in [0.25, 0.3) is 5.95 Å². The Kier molecular flexibility index (Phi) is 5.36. The summed E-state index contributed by atoms with van der Waals surface area (Å²) >= 11 is 0. The molecule has 26 heavy (non-hydrogen) atoms. The third-order valence-corrected chi connectivity index (χ3v) is 5.10. The molecule has 0 atom stereocenters. The summed E-state index contributed by atoms with van der Waals surface area (Å²) in [5.74, 6) is 0.742. The minimum absolute atomic E-state index is 0.174. The number of nitrogens with zero attached hydrogens (tertiary/aromatic N) is 6. The lowest BCUT2D eigenvalue weighted by molar-refractivity contribution is -0.132. The highest BCUT2D eigenvalue weighted by Gasteiger charge is 2.23. The van der Waals surface area contributed by atoms with Gasteiger partial charge in [0, 0.05) is 48.8 Å². The molecule has 0 unspecified atom stereocenters. The molecule has 0 aliphatic carbocycles. The minimum atomic E-state index is 0.174. The highest BCUT2D eigenvalue weighted by molar-refractivity contribution is 5.79. The average molecular weight is 356 g/mol. The number of hydrogen-bond donors (Lipinski definition) is 0. The first-order valence-electron chi connectivity index (χ1n) is 9.27. The van der Waals surface area contributed by atoms with E-state index in [2.05, 4.69) is 26.9 Å². The highest BCUT2D eigenvalue weighted by Crippen LogP contribution is 2.18. The van der Waals surface area contributed by atoms with E-state index in [0.29, 0.717) is 12.4 Å². The van der Waals surface area contributed by atoms with Crippen molar-refractivity contribution in [2.24, 2.45) is 0 Å². The van der Waals surface area contributed by atoms with E-state index >= 15 is 0 Å². The maximum Gasteiger partial charge on any atom is 0.251 e. The zero-order valence-electron chi connectivity index (χ0n) is 16.4. The van der Waals surface area contributed by atoms with Gasteiger partial charge in [-0.3, -0.25) is 4.79 Å². The van der Waals surface area contributed by atoms with Crippen molar-refractivity contribution >= 4 is 5.91 Å². The van der Waals surface area contributed by atoms with Crippen LogP contribution in [0.5, 0.6) is 0 Å². The highest BCUT2D eigenvalue weighted by atomic mass is 16.2. The van der Waals surface area contributed by atoms with E-state index in [0.717, 1.165) is 61.1 Å². The summed E-state index contributed by atoms with van der Waals surface area (Å²) in [4.78, 5) is 26.1. The zero-order chi connectivity index (χ0) is 18.8. The van der Waals surface area contributed by atoms with Gasteiger partial charge in [-0.15, -0.1) is 0 Å². The Morgan fingerprint density at radius 3 is 2.23 bits per heavy atom. The van der Waals surface area contributed by atoms with Crippen LogP contribution in [0.15, 0.2) is 6.07 Å². The second kappa shape index (κ2) is 7.53. The first-order chi connectivity index (χ1) is 12.4. The first kappa shape index (κ1) is 18.5. The van der Waals surface area contributed by atoms with Crippen molar-refractivity contribution in [1.82, 2.24) is 29.5 Å². The SMILES string of the molecule is CCN1CCN(C(=O)Cc2c(C)nn(-c3nc(C)cc(C)n3)c2C)CC1. The lowest BCUT2D eigenvalue weighted by Gasteiger charge is -2.34. The van der Waals surface area contributed by atoms with Crippen LogP contribution in [0.1, 0.15) is 35.3 Å². The number of carbonyl (C=O) groups is 1. The predicted octanol–water partition coefficient (Wildman–Crippen LogP) is 1.60. The standard InChI is InChI=1S/C19H28N6O/c1-6-23-7-9-24(10-8-23)18(26)12-17-15(4)22-25(16(17)5)19-20-13(2)11-14(3)21-19/h11H,6-10,12H2,1-5H3. The third kappa shape index (κ3) is 3.77. The minimum Gasteiger partial charge on any atom is -0.340 e. The van der Waals surface area contributed by atoms with Gasteiger partial charge in [-0.25, -0.2) is 14.6 Å². The monoisotopic (exact) mass is 356 g/mol. The number of amides is 1. The van der Waals surface area contributed by atoms with Crippen LogP contribution >= 0.6 is 0 Å². The van der Waals surface area contributed by atoms with Crippen molar-refractivity contribution in [3.63, 3.8) is 0 Å². The molecule has 0 bridgehead atoms. The van der Waals surface area contributed by atoms with Gasteiger partial charge in [0.1, 0.15) is 0 Å². The van der Waals surface area contributed by atoms with Gasteiger partial charge in [0.2, 0.25) is 5.91 Å². The molecule has 7 heteroatoms. The van der Waals surface area contributed by atoms with Gasteiger partial charge in [0.15, 0.2) is 0 Å². The van der Waals surface area contributed by atoms with E-state index in [1.165, 1.54) is 0 Å². The first-order valence-corrected chi connectivity index (χ1v) is 9.27. The van der Waals surface area contributed by atoms with Crippen LogP contribution < -0.4 is 0 Å². The molecule has 0 aromatic carbocycles. The molecule has 3 rings (SSSR count). The quantitative estimate of drug-likeness (QED) is 0.832. The van der Waals surface area contributed by atoms with Gasteiger partial charge >= 0.3 is 0 Å². The van der Waals surface area contributed by atoms with Crippen molar-refractivity contribution in [3.8, 4) is 5.95 Å². The van der Waals surface area contributed by atoms with Gasteiger partial charge in [-0.2, -0.15) is 5.10 Å². The maximum absolute atomic E-state index is 12.8. The van der Waals surface area contributed by atoms with Crippen molar-refractivity contribution in [2.75, 3.05) is 32.7 Å². The molecule has 2 aromatic rings. The van der Waals surface area contributed by atoms with Crippen LogP contribution in [0.25, 0.3) is 5.95 Å². The van der Waals surface area contributed by atoms with Crippen molar-refractivity contribution in [1.29, 1.82) is 0 Å². The Labute approximate surface area is 155 Å². The lowest BCUT2D eigenvalue weighted by Crippen LogP contribution is -2.48. The number of aromatic nitrogens is 4. The third-order valence-electron chi connectivity index (χ3n) is 5.10. The maximum atomic E-state index is 12.8. The molecule has 1 fully saturated rings. The summed E-state index contributed by atoms with van der Waals surface area (Å²) in [5.41, 5.74) is 4.60. The van der Waals surface area contributed by atoms with Crippen molar-refractivity contribution in [3.05, 3.63) is 34.4 Å². The molecule has 1 aliphatic rings. The zero-order valence-corrected chi connectivity index (χ0v) is 16.4. The van der Waals surface area contributed by atoms with Crippen molar-refractivity contribution in [2.45, 2.75) is 41.0 Å². The lowest BCUT2D eigenvalue weighted by atomic mass is 10.1. The van der Waals surface area contributed by atoms with Crippen molar-refractivity contribution < 1.29 is 4.79 Å². The molecule has 3 heterocycles. The Hall–Kier alpha value is -2.28. The van der Waals surface area contributed by atoms with E-state index in [9.17, 15) is 4.79 Å². The fraction of sp³-hybridized carbons (Fsp3) is 0.579. The normalized spacial score (nSPS) is 15.5. The van der Waals surface area contributed by atoms with Gasteiger partial charge in [-0.05, 0) is 40.3 Å². The number of rotatable bonds is 4. The van der Waals surface area contributed by atoms with E-state index < -0.39 is 0 Å². The molecule has 140 valence electrons. The Morgan fingerprint density at radius 1 is 1.04 bits per heavy atom. The number of piperazine rings is 1. The largest absolute Gasteiger partial charge is 0.340 e. The second-order valence-corrected chi connectivity index (χ2v) is 7.00. The number of aryl methyl sites for hydroxylation is 3. The Morgan fingerprint density at radius 2 is 1.65 bits per heavy atom. The molecule has 0 saturated carbocycles. The Balaban J connectivity index is 1.79. The summed E-state index contributed by atoms with van der Waals surface area (Å²) in [6, 6.07) is 1.94. The van der Waals surface area contributed by atoms with E-state index in [4.69, 9.17) is 0 Å². The predicted molar refractivity (Wildman–Crippen MR) is 101 cm³/mol. The van der Waals surface area contributed by atoms with Gasteiger partial charge in [0.05, 0.1) is 12.1 Å². The molecule has 0 radical (unpaired) electrons. The van der Waals surface area contributed by atoms with Crippen LogP contribution in [-0.2, 0) is 11.2 Å². The van der Waals surface area contributed by atoms with Crippen LogP contribution in [-0.4, -0.2) is 68.2 Å². The van der Waals surface area contributed by atoms with Crippen LogP contribution in [0.4, 0.5) is 0 Å². The molecular weight excluding hydrogens is 328 g/mol. The summed E-state index contributed by atoms with van der Waals surface area (Å²) in [6.45, 7) is 14.6. The number of hydrogen-bond acceptors (Lipinski definition) is 5. The molecule has 1 aliphatic heterocycles. The summed E-state index contributed by atoms with van der Waals surface area (Å²) in [7, 11) is 0. The fourth-order valence-electron chi connectivity index (χ4n) is 3.50. The van der Waals surface area contributed by atoms with Gasteiger partial charge in [-0.1, -0.05) is 6.92 Å². The Bertz CT molecular complexity index is 784.